The first-order valence-electron chi connectivity index (χ1n) is 12.0. The zero-order valence-electron chi connectivity index (χ0n) is 20.0. The topological polar surface area (TPSA) is 82.2 Å². The number of urea groups is 1. The second-order valence-electron chi connectivity index (χ2n) is 9.32. The largest absolute Gasteiger partial charge is 0.362 e. The summed E-state index contributed by atoms with van der Waals surface area (Å²) in [4.78, 5) is 25.3. The molecular weight excluding hydrogens is 432 g/mol. The molecule has 0 atom stereocenters. The number of benzene rings is 1. The number of fused-ring (bicyclic) bond motifs is 1. The van der Waals surface area contributed by atoms with E-state index in [9.17, 15) is 4.79 Å². The summed E-state index contributed by atoms with van der Waals surface area (Å²) in [6.45, 7) is 0.710. The summed E-state index contributed by atoms with van der Waals surface area (Å²) in [7, 11) is 4.13. The molecule has 1 aromatic heterocycles. The number of rotatable bonds is 7. The van der Waals surface area contributed by atoms with E-state index in [1.54, 1.807) is 11.8 Å². The second-order valence-corrected chi connectivity index (χ2v) is 10.2. The zero-order valence-corrected chi connectivity index (χ0v) is 20.8. The SMILES string of the molecule is CSc1ccc(NC(=O)NC[C@H]2CC[C@@H](Nc3nc4c(c(N(C)C)n3)CCCC4)CC2)cc1. The molecule has 1 fully saturated rings. The standard InChI is InChI=1S/C25H36N6OS/c1-31(2)23-21-6-4-5-7-22(21)29-24(30-23)27-18-10-8-17(9-11-18)16-26-25(32)28-19-12-14-20(33-3)15-13-19/h12-15,17-18H,4-11,16H2,1-3H3,(H2,26,28,32)(H,27,29,30)/t17-,18+. The molecule has 2 aromatic rings. The van der Waals surface area contributed by atoms with Crippen LogP contribution < -0.4 is 20.9 Å². The molecule has 3 N–H and O–H groups in total. The molecule has 0 aliphatic heterocycles. The molecule has 2 aliphatic rings. The minimum absolute atomic E-state index is 0.133. The van der Waals surface area contributed by atoms with Gasteiger partial charge in [0, 0.05) is 42.8 Å². The smallest absolute Gasteiger partial charge is 0.319 e. The average molecular weight is 469 g/mol. The van der Waals surface area contributed by atoms with Gasteiger partial charge >= 0.3 is 6.03 Å². The maximum absolute atomic E-state index is 12.3. The van der Waals surface area contributed by atoms with Gasteiger partial charge in [0.2, 0.25) is 5.95 Å². The molecule has 178 valence electrons. The van der Waals surface area contributed by atoms with E-state index in [1.165, 1.54) is 29.0 Å². The molecule has 7 nitrogen and oxygen atoms in total. The quantitative estimate of drug-likeness (QED) is 0.500. The van der Waals surface area contributed by atoms with Gasteiger partial charge in [-0.05, 0) is 87.8 Å². The Morgan fingerprint density at radius 1 is 1.06 bits per heavy atom. The van der Waals surface area contributed by atoms with Crippen molar-refractivity contribution in [2.45, 2.75) is 62.3 Å². The third-order valence-electron chi connectivity index (χ3n) is 6.66. The predicted octanol–water partition coefficient (Wildman–Crippen LogP) is 4.94. The molecule has 1 heterocycles. The molecule has 4 rings (SSSR count). The first-order valence-corrected chi connectivity index (χ1v) is 13.3. The number of carbonyl (C=O) groups excluding carboxylic acids is 1. The summed E-state index contributed by atoms with van der Waals surface area (Å²) in [5.74, 6) is 2.34. The van der Waals surface area contributed by atoms with Crippen LogP contribution >= 0.6 is 11.8 Å². The summed E-state index contributed by atoms with van der Waals surface area (Å²) in [5, 5.41) is 9.57. The van der Waals surface area contributed by atoms with Crippen LogP contribution in [0, 0.1) is 5.92 Å². The van der Waals surface area contributed by atoms with E-state index in [2.05, 4.69) is 34.9 Å². The summed E-state index contributed by atoms with van der Waals surface area (Å²) in [6, 6.07) is 8.16. The molecule has 0 saturated heterocycles. The van der Waals surface area contributed by atoms with Gasteiger partial charge in [0.15, 0.2) is 0 Å². The zero-order chi connectivity index (χ0) is 23.2. The number of hydrogen-bond donors (Lipinski definition) is 3. The number of nitrogens with zero attached hydrogens (tertiary/aromatic N) is 3. The lowest BCUT2D eigenvalue weighted by molar-refractivity contribution is 0.246. The Morgan fingerprint density at radius 3 is 2.48 bits per heavy atom. The summed E-state index contributed by atoms with van der Waals surface area (Å²) in [5.41, 5.74) is 3.36. The number of carbonyl (C=O) groups is 1. The van der Waals surface area contributed by atoms with Crippen LogP contribution in [0.15, 0.2) is 29.2 Å². The van der Waals surface area contributed by atoms with Crippen LogP contribution in [0.1, 0.15) is 49.8 Å². The first-order chi connectivity index (χ1) is 16.0. The average Bonchev–Trinajstić information content (AvgIpc) is 2.83. The molecule has 1 saturated carbocycles. The third-order valence-corrected chi connectivity index (χ3v) is 7.41. The van der Waals surface area contributed by atoms with Gasteiger partial charge in [0.1, 0.15) is 5.82 Å². The molecule has 33 heavy (non-hydrogen) atoms. The van der Waals surface area contributed by atoms with E-state index in [4.69, 9.17) is 9.97 Å². The van der Waals surface area contributed by atoms with Crippen LogP contribution in [-0.2, 0) is 12.8 Å². The summed E-state index contributed by atoms with van der Waals surface area (Å²) in [6.07, 6.45) is 10.9. The van der Waals surface area contributed by atoms with E-state index >= 15 is 0 Å². The van der Waals surface area contributed by atoms with Crippen LogP contribution in [0.25, 0.3) is 0 Å². The lowest BCUT2D eigenvalue weighted by Gasteiger charge is -2.30. The van der Waals surface area contributed by atoms with Crippen molar-refractivity contribution in [1.29, 1.82) is 0 Å². The highest BCUT2D eigenvalue weighted by Crippen LogP contribution is 2.30. The molecule has 0 spiro atoms. The van der Waals surface area contributed by atoms with Gasteiger partial charge < -0.3 is 20.9 Å². The second kappa shape index (κ2) is 11.1. The van der Waals surface area contributed by atoms with E-state index in [1.807, 2.05) is 30.5 Å². The van der Waals surface area contributed by atoms with Crippen LogP contribution in [0.2, 0.25) is 0 Å². The number of aromatic nitrogens is 2. The van der Waals surface area contributed by atoms with Crippen molar-refractivity contribution >= 4 is 35.2 Å². The predicted molar refractivity (Wildman–Crippen MR) is 138 cm³/mol. The van der Waals surface area contributed by atoms with Gasteiger partial charge in [-0.3, -0.25) is 0 Å². The van der Waals surface area contributed by atoms with Crippen molar-refractivity contribution in [2.75, 3.05) is 42.4 Å². The Hall–Kier alpha value is -2.48. The van der Waals surface area contributed by atoms with Crippen molar-refractivity contribution in [2.24, 2.45) is 5.92 Å². The fraction of sp³-hybridized carbons (Fsp3) is 0.560. The Bertz CT molecular complexity index is 941. The number of thioether (sulfide) groups is 1. The van der Waals surface area contributed by atoms with Gasteiger partial charge in [-0.25, -0.2) is 9.78 Å². The normalized spacial score (nSPS) is 20.0. The maximum atomic E-state index is 12.3. The van der Waals surface area contributed by atoms with E-state index < -0.39 is 0 Å². The van der Waals surface area contributed by atoms with E-state index in [0.29, 0.717) is 18.5 Å². The molecule has 0 bridgehead atoms. The Kier molecular flexibility index (Phi) is 7.96. The number of anilines is 3. The lowest BCUT2D eigenvalue weighted by atomic mass is 9.86. The van der Waals surface area contributed by atoms with Gasteiger partial charge in [-0.1, -0.05) is 0 Å². The van der Waals surface area contributed by atoms with E-state index in [0.717, 1.165) is 56.0 Å². The van der Waals surface area contributed by atoms with Crippen LogP contribution in [0.3, 0.4) is 0 Å². The van der Waals surface area contributed by atoms with Gasteiger partial charge in [0.05, 0.1) is 5.69 Å². The van der Waals surface area contributed by atoms with Crippen molar-refractivity contribution in [3.8, 4) is 0 Å². The minimum Gasteiger partial charge on any atom is -0.362 e. The van der Waals surface area contributed by atoms with Gasteiger partial charge in [0.25, 0.3) is 0 Å². The minimum atomic E-state index is -0.133. The van der Waals surface area contributed by atoms with Crippen molar-refractivity contribution in [3.63, 3.8) is 0 Å². The third kappa shape index (κ3) is 6.31. The van der Waals surface area contributed by atoms with E-state index in [-0.39, 0.29) is 6.03 Å². The molecular formula is C25H36N6OS. The number of nitrogens with one attached hydrogen (secondary N) is 3. The fourth-order valence-corrected chi connectivity index (χ4v) is 5.20. The van der Waals surface area contributed by atoms with Crippen LogP contribution in [-0.4, -0.2) is 48.9 Å². The summed E-state index contributed by atoms with van der Waals surface area (Å²) >= 11 is 1.69. The highest BCUT2D eigenvalue weighted by Gasteiger charge is 2.24. The summed E-state index contributed by atoms with van der Waals surface area (Å²) < 4.78 is 0. The molecule has 2 aliphatic carbocycles. The lowest BCUT2D eigenvalue weighted by Crippen LogP contribution is -2.36. The molecule has 2 amide bonds. The number of hydrogen-bond acceptors (Lipinski definition) is 6. The fourth-order valence-electron chi connectivity index (χ4n) is 4.79. The monoisotopic (exact) mass is 468 g/mol. The highest BCUT2D eigenvalue weighted by atomic mass is 32.2. The van der Waals surface area contributed by atoms with Crippen molar-refractivity contribution in [3.05, 3.63) is 35.5 Å². The molecule has 8 heteroatoms. The molecule has 0 radical (unpaired) electrons. The molecule has 0 unspecified atom stereocenters. The number of amides is 2. The van der Waals surface area contributed by atoms with Crippen molar-refractivity contribution in [1.82, 2.24) is 15.3 Å². The Morgan fingerprint density at radius 2 is 1.79 bits per heavy atom. The molecule has 1 aromatic carbocycles. The Balaban J connectivity index is 1.24. The highest BCUT2D eigenvalue weighted by molar-refractivity contribution is 7.98. The first kappa shape index (κ1) is 23.7. The Labute approximate surface area is 201 Å². The van der Waals surface area contributed by atoms with Crippen molar-refractivity contribution < 1.29 is 4.79 Å². The van der Waals surface area contributed by atoms with Crippen LogP contribution in [0.4, 0.5) is 22.2 Å². The number of aryl methyl sites for hydroxylation is 1. The maximum Gasteiger partial charge on any atom is 0.319 e. The van der Waals surface area contributed by atoms with Gasteiger partial charge in [-0.2, -0.15) is 4.98 Å². The van der Waals surface area contributed by atoms with Crippen LogP contribution in [0.5, 0.6) is 0 Å². The van der Waals surface area contributed by atoms with Gasteiger partial charge in [-0.15, -0.1) is 11.8 Å².